The number of hydrogen-bond acceptors (Lipinski definition) is 5. The lowest BCUT2D eigenvalue weighted by Gasteiger charge is -2.29. The van der Waals surface area contributed by atoms with Gasteiger partial charge in [-0.05, 0) is 37.3 Å². The predicted octanol–water partition coefficient (Wildman–Crippen LogP) is 3.80. The van der Waals surface area contributed by atoms with Gasteiger partial charge < -0.3 is 14.8 Å². The first-order valence-electron chi connectivity index (χ1n) is 8.05. The number of amides is 1. The Labute approximate surface area is 174 Å². The van der Waals surface area contributed by atoms with Crippen LogP contribution >= 0.6 is 23.2 Å². The molecule has 0 saturated heterocycles. The highest BCUT2D eigenvalue weighted by atomic mass is 35.5. The average Bonchev–Trinajstić information content (AvgIpc) is 2.59. The van der Waals surface area contributed by atoms with Crippen molar-refractivity contribution in [2.75, 3.05) is 30.1 Å². The molecule has 0 saturated carbocycles. The molecule has 0 unspecified atom stereocenters. The normalized spacial score (nSPS) is 12.2. The van der Waals surface area contributed by atoms with Gasteiger partial charge in [0.25, 0.3) is 0 Å². The maximum Gasteiger partial charge on any atom is 0.247 e. The van der Waals surface area contributed by atoms with E-state index in [1.807, 2.05) is 0 Å². The molecule has 2 rings (SSSR count). The largest absolute Gasteiger partial charge is 0.497 e. The van der Waals surface area contributed by atoms with E-state index in [0.29, 0.717) is 21.5 Å². The predicted molar refractivity (Wildman–Crippen MR) is 111 cm³/mol. The molecule has 1 atom stereocenters. The van der Waals surface area contributed by atoms with Crippen LogP contribution in [0.1, 0.15) is 6.92 Å². The Kier molecular flexibility index (Phi) is 7.03. The van der Waals surface area contributed by atoms with E-state index < -0.39 is 22.0 Å². The fourth-order valence-corrected chi connectivity index (χ4v) is 4.32. The van der Waals surface area contributed by atoms with Crippen LogP contribution in [0.4, 0.5) is 11.4 Å². The molecule has 1 amide bonds. The second-order valence-corrected chi connectivity index (χ2v) is 8.65. The van der Waals surface area contributed by atoms with E-state index in [1.54, 1.807) is 12.1 Å². The Balaban J connectivity index is 2.44. The Morgan fingerprint density at radius 2 is 1.68 bits per heavy atom. The SMILES string of the molecule is COc1ccc(OC)c(N([C@@H](C)C(=O)Nc2cc(Cl)cc(Cl)c2)S(C)(=O)=O)c1. The third kappa shape index (κ3) is 5.21. The van der Waals surface area contributed by atoms with Crippen molar-refractivity contribution >= 4 is 50.5 Å². The molecule has 28 heavy (non-hydrogen) atoms. The molecule has 2 aromatic rings. The zero-order chi connectivity index (χ0) is 21.1. The van der Waals surface area contributed by atoms with Gasteiger partial charge >= 0.3 is 0 Å². The number of methoxy groups -OCH3 is 2. The summed E-state index contributed by atoms with van der Waals surface area (Å²) in [5.74, 6) is 0.115. The van der Waals surface area contributed by atoms with Gasteiger partial charge in [-0.3, -0.25) is 9.10 Å². The molecular formula is C18H20Cl2N2O5S. The van der Waals surface area contributed by atoms with Crippen LogP contribution in [0.25, 0.3) is 0 Å². The number of nitrogens with one attached hydrogen (secondary N) is 1. The van der Waals surface area contributed by atoms with Crippen LogP contribution in [0.5, 0.6) is 11.5 Å². The highest BCUT2D eigenvalue weighted by Gasteiger charge is 2.31. The molecule has 2 aromatic carbocycles. The van der Waals surface area contributed by atoms with E-state index in [1.165, 1.54) is 45.4 Å². The topological polar surface area (TPSA) is 84.9 Å². The van der Waals surface area contributed by atoms with E-state index in [9.17, 15) is 13.2 Å². The number of nitrogens with zero attached hydrogens (tertiary/aromatic N) is 1. The summed E-state index contributed by atoms with van der Waals surface area (Å²) in [7, 11) is -0.983. The number of halogens is 2. The highest BCUT2D eigenvalue weighted by molar-refractivity contribution is 7.92. The molecule has 0 bridgehead atoms. The summed E-state index contributed by atoms with van der Waals surface area (Å²) in [6.45, 7) is 1.46. The van der Waals surface area contributed by atoms with Crippen molar-refractivity contribution in [3.63, 3.8) is 0 Å². The minimum Gasteiger partial charge on any atom is -0.497 e. The summed E-state index contributed by atoms with van der Waals surface area (Å²) in [6, 6.07) is 8.11. The maximum atomic E-state index is 12.8. The zero-order valence-electron chi connectivity index (χ0n) is 15.7. The molecule has 0 heterocycles. The molecule has 0 aliphatic carbocycles. The fraction of sp³-hybridized carbons (Fsp3) is 0.278. The number of benzene rings is 2. The van der Waals surface area contributed by atoms with Crippen LogP contribution in [0, 0.1) is 0 Å². The number of carbonyl (C=O) groups excluding carboxylic acids is 1. The first-order chi connectivity index (χ1) is 13.1. The molecule has 7 nitrogen and oxygen atoms in total. The van der Waals surface area contributed by atoms with Gasteiger partial charge in [-0.2, -0.15) is 0 Å². The summed E-state index contributed by atoms with van der Waals surface area (Å²) in [6.07, 6.45) is 1.01. The molecule has 0 fully saturated rings. The Hall–Kier alpha value is -2.16. The lowest BCUT2D eigenvalue weighted by Crippen LogP contribution is -2.45. The lowest BCUT2D eigenvalue weighted by molar-refractivity contribution is -0.116. The van der Waals surface area contributed by atoms with Gasteiger partial charge in [0.1, 0.15) is 17.5 Å². The second-order valence-electron chi connectivity index (χ2n) is 5.92. The molecule has 1 N–H and O–H groups in total. The van der Waals surface area contributed by atoms with E-state index in [-0.39, 0.29) is 11.4 Å². The molecule has 152 valence electrons. The minimum atomic E-state index is -3.84. The van der Waals surface area contributed by atoms with Gasteiger partial charge in [-0.25, -0.2) is 8.42 Å². The third-order valence-corrected chi connectivity index (χ3v) is 5.51. The summed E-state index contributed by atoms with van der Waals surface area (Å²) < 4.78 is 36.4. The van der Waals surface area contributed by atoms with Crippen molar-refractivity contribution in [2.45, 2.75) is 13.0 Å². The summed E-state index contributed by atoms with van der Waals surface area (Å²) >= 11 is 11.9. The lowest BCUT2D eigenvalue weighted by atomic mass is 10.2. The number of hydrogen-bond donors (Lipinski definition) is 1. The molecule has 0 aliphatic heterocycles. The monoisotopic (exact) mass is 446 g/mol. The van der Waals surface area contributed by atoms with Gasteiger partial charge in [-0.15, -0.1) is 0 Å². The van der Waals surface area contributed by atoms with Gasteiger partial charge in [0.05, 0.1) is 26.2 Å². The van der Waals surface area contributed by atoms with E-state index in [2.05, 4.69) is 5.32 Å². The van der Waals surface area contributed by atoms with Gasteiger partial charge in [-0.1, -0.05) is 23.2 Å². The third-order valence-electron chi connectivity index (χ3n) is 3.84. The van der Waals surface area contributed by atoms with Crippen LogP contribution in [-0.2, 0) is 14.8 Å². The van der Waals surface area contributed by atoms with Crippen LogP contribution in [0.2, 0.25) is 10.0 Å². The standard InChI is InChI=1S/C18H20Cl2N2O5S/c1-11(18(23)21-14-8-12(19)7-13(20)9-14)22(28(4,24)25)16-10-15(26-2)5-6-17(16)27-3/h5-11H,1-4H3,(H,21,23)/t11-/m0/s1. The van der Waals surface area contributed by atoms with Crippen LogP contribution in [-0.4, -0.2) is 40.8 Å². The van der Waals surface area contributed by atoms with E-state index in [4.69, 9.17) is 32.7 Å². The van der Waals surface area contributed by atoms with E-state index in [0.717, 1.165) is 10.6 Å². The van der Waals surface area contributed by atoms with Crippen molar-refractivity contribution in [2.24, 2.45) is 0 Å². The Morgan fingerprint density at radius 3 is 2.18 bits per heavy atom. The molecule has 0 aliphatic rings. The highest BCUT2D eigenvalue weighted by Crippen LogP contribution is 2.35. The molecule has 0 radical (unpaired) electrons. The molecule has 10 heteroatoms. The van der Waals surface area contributed by atoms with Crippen molar-refractivity contribution < 1.29 is 22.7 Å². The smallest absolute Gasteiger partial charge is 0.247 e. The summed E-state index contributed by atoms with van der Waals surface area (Å²) in [4.78, 5) is 12.8. The summed E-state index contributed by atoms with van der Waals surface area (Å²) in [5.41, 5.74) is 0.525. The number of anilines is 2. The summed E-state index contributed by atoms with van der Waals surface area (Å²) in [5, 5.41) is 3.30. The van der Waals surface area contributed by atoms with Crippen molar-refractivity contribution in [1.82, 2.24) is 0 Å². The van der Waals surface area contributed by atoms with Gasteiger partial charge in [0.2, 0.25) is 15.9 Å². The second kappa shape index (κ2) is 8.89. The molecule has 0 aromatic heterocycles. The van der Waals surface area contributed by atoms with Crippen LogP contribution < -0.4 is 19.1 Å². The number of rotatable bonds is 7. The van der Waals surface area contributed by atoms with Gasteiger partial charge in [0.15, 0.2) is 0 Å². The van der Waals surface area contributed by atoms with Crippen LogP contribution in [0.15, 0.2) is 36.4 Å². The molecule has 0 spiro atoms. The first kappa shape index (κ1) is 22.1. The maximum absolute atomic E-state index is 12.8. The van der Waals surface area contributed by atoms with Gasteiger partial charge in [0, 0.05) is 21.8 Å². The Bertz CT molecular complexity index is 962. The minimum absolute atomic E-state index is 0.177. The number of carbonyl (C=O) groups is 1. The zero-order valence-corrected chi connectivity index (χ0v) is 18.0. The van der Waals surface area contributed by atoms with Crippen molar-refractivity contribution in [3.05, 3.63) is 46.4 Å². The van der Waals surface area contributed by atoms with Crippen molar-refractivity contribution in [1.29, 1.82) is 0 Å². The number of sulfonamides is 1. The van der Waals surface area contributed by atoms with E-state index >= 15 is 0 Å². The first-order valence-corrected chi connectivity index (χ1v) is 10.7. The quantitative estimate of drug-likeness (QED) is 0.698. The Morgan fingerprint density at radius 1 is 1.07 bits per heavy atom. The average molecular weight is 447 g/mol. The fourth-order valence-electron chi connectivity index (χ4n) is 2.62. The number of ether oxygens (including phenoxy) is 2. The van der Waals surface area contributed by atoms with Crippen LogP contribution in [0.3, 0.4) is 0 Å². The van der Waals surface area contributed by atoms with Crippen molar-refractivity contribution in [3.8, 4) is 11.5 Å². The molecular weight excluding hydrogens is 427 g/mol.